The zero-order chi connectivity index (χ0) is 18.8. The van der Waals surface area contributed by atoms with Crippen LogP contribution in [0, 0.1) is 12.7 Å². The number of benzene rings is 1. The molecular weight excluding hydrogens is 434 g/mol. The van der Waals surface area contributed by atoms with Crippen molar-refractivity contribution in [3.05, 3.63) is 70.7 Å². The van der Waals surface area contributed by atoms with Gasteiger partial charge < -0.3 is 10.2 Å². The van der Waals surface area contributed by atoms with Crippen molar-refractivity contribution in [1.29, 1.82) is 0 Å². The van der Waals surface area contributed by atoms with E-state index in [1.54, 1.807) is 24.5 Å². The maximum atomic E-state index is 13.3. The molecule has 0 radical (unpaired) electrons. The smallest absolute Gasteiger partial charge is 0.266 e. The fourth-order valence-corrected chi connectivity index (χ4v) is 4.29. The summed E-state index contributed by atoms with van der Waals surface area (Å²) in [6.45, 7) is 3.92. The second-order valence-corrected chi connectivity index (χ2v) is 7.44. The first-order chi connectivity index (χ1) is 13.1. The van der Waals surface area contributed by atoms with Crippen LogP contribution in [0.15, 0.2) is 48.8 Å². The lowest BCUT2D eigenvalue weighted by Crippen LogP contribution is -2.48. The van der Waals surface area contributed by atoms with Crippen LogP contribution >= 0.6 is 36.2 Å². The number of thiazole rings is 1. The highest BCUT2D eigenvalue weighted by molar-refractivity contribution is 7.17. The maximum Gasteiger partial charge on any atom is 0.266 e. The summed E-state index contributed by atoms with van der Waals surface area (Å²) in [6, 6.07) is 10.0. The van der Waals surface area contributed by atoms with Crippen molar-refractivity contribution in [1.82, 2.24) is 20.2 Å². The van der Waals surface area contributed by atoms with Crippen molar-refractivity contribution in [3.63, 3.8) is 0 Å². The average molecular weight is 455 g/mol. The predicted molar refractivity (Wildman–Crippen MR) is 118 cm³/mol. The molecule has 3 aromatic rings. The first kappa shape index (κ1) is 23.2. The van der Waals surface area contributed by atoms with E-state index in [-0.39, 0.29) is 42.6 Å². The van der Waals surface area contributed by atoms with Crippen molar-refractivity contribution >= 4 is 42.1 Å². The Morgan fingerprint density at radius 2 is 2.00 bits per heavy atom. The second kappa shape index (κ2) is 10.1. The van der Waals surface area contributed by atoms with Crippen molar-refractivity contribution in [3.8, 4) is 10.6 Å². The highest BCUT2D eigenvalue weighted by atomic mass is 35.5. The van der Waals surface area contributed by atoms with Crippen LogP contribution in [-0.4, -0.2) is 40.4 Å². The molecule has 3 heterocycles. The quantitative estimate of drug-likeness (QED) is 0.641. The third-order valence-electron chi connectivity index (χ3n) is 4.66. The monoisotopic (exact) mass is 454 g/mol. The fourth-order valence-electron chi connectivity index (χ4n) is 3.26. The summed E-state index contributed by atoms with van der Waals surface area (Å²) in [5.74, 6) is -0.308. The number of aromatic nitrogens is 2. The minimum atomic E-state index is -0.288. The van der Waals surface area contributed by atoms with E-state index in [4.69, 9.17) is 0 Å². The highest BCUT2D eigenvalue weighted by Crippen LogP contribution is 2.31. The van der Waals surface area contributed by atoms with Gasteiger partial charge in [-0.1, -0.05) is 6.07 Å². The molecule has 0 spiro atoms. The van der Waals surface area contributed by atoms with Gasteiger partial charge in [-0.25, -0.2) is 9.37 Å². The molecule has 1 unspecified atom stereocenters. The van der Waals surface area contributed by atoms with Gasteiger partial charge in [0, 0.05) is 37.6 Å². The van der Waals surface area contributed by atoms with E-state index >= 15 is 0 Å². The molecule has 0 bridgehead atoms. The molecular formula is C20H21Cl2FN4OS. The molecule has 1 aliphatic heterocycles. The van der Waals surface area contributed by atoms with Crippen molar-refractivity contribution in [2.45, 2.75) is 13.0 Å². The lowest BCUT2D eigenvalue weighted by atomic mass is 10.0. The third kappa shape index (κ3) is 4.93. The summed E-state index contributed by atoms with van der Waals surface area (Å²) in [4.78, 5) is 24.5. The Bertz CT molecular complexity index is 953. The molecule has 154 valence electrons. The topological polar surface area (TPSA) is 58.1 Å². The summed E-state index contributed by atoms with van der Waals surface area (Å²) in [6.07, 6.45) is 3.54. The molecule has 9 heteroatoms. The van der Waals surface area contributed by atoms with E-state index < -0.39 is 0 Å². The normalized spacial score (nSPS) is 15.9. The van der Waals surface area contributed by atoms with Crippen molar-refractivity contribution in [2.75, 3.05) is 19.6 Å². The van der Waals surface area contributed by atoms with Crippen LogP contribution in [0.3, 0.4) is 0 Å². The van der Waals surface area contributed by atoms with Gasteiger partial charge in [0.05, 0.1) is 11.7 Å². The zero-order valence-corrected chi connectivity index (χ0v) is 18.1. The Hall–Kier alpha value is -2.06. The van der Waals surface area contributed by atoms with Gasteiger partial charge >= 0.3 is 0 Å². The molecule has 1 aromatic carbocycles. The van der Waals surface area contributed by atoms with E-state index in [0.717, 1.165) is 22.7 Å². The number of nitrogens with zero attached hydrogens (tertiary/aromatic N) is 3. The van der Waals surface area contributed by atoms with Crippen molar-refractivity contribution < 1.29 is 9.18 Å². The van der Waals surface area contributed by atoms with E-state index in [1.807, 2.05) is 24.0 Å². The number of carbonyl (C=O) groups excluding carboxylic acids is 1. The first-order valence-electron chi connectivity index (χ1n) is 8.78. The molecule has 1 amide bonds. The standard InChI is InChI=1S/C20H19FN4OS.2ClH/c1-13-18(27-19(24-13)14-4-6-16(21)7-5-14)20(26)25-10-9-23-12-17(25)15-3-2-8-22-11-15;;/h2-8,11,17,23H,9-10,12H2,1H3;2*1H. The molecule has 0 aliphatic carbocycles. The Labute approximate surface area is 185 Å². The molecule has 5 nitrogen and oxygen atoms in total. The number of nitrogens with one attached hydrogen (secondary N) is 1. The minimum Gasteiger partial charge on any atom is -0.328 e. The van der Waals surface area contributed by atoms with Crippen LogP contribution in [0.4, 0.5) is 4.39 Å². The third-order valence-corrected chi connectivity index (χ3v) is 5.85. The molecule has 2 aromatic heterocycles. The number of aryl methyl sites for hydroxylation is 1. The van der Waals surface area contributed by atoms with Gasteiger partial charge in [0.2, 0.25) is 0 Å². The van der Waals surface area contributed by atoms with Gasteiger partial charge in [0.15, 0.2) is 0 Å². The number of rotatable bonds is 3. The molecule has 1 aliphatic rings. The molecule has 29 heavy (non-hydrogen) atoms. The largest absolute Gasteiger partial charge is 0.328 e. The van der Waals surface area contributed by atoms with E-state index in [1.165, 1.54) is 23.5 Å². The van der Waals surface area contributed by atoms with Crippen LogP contribution in [0.5, 0.6) is 0 Å². The van der Waals surface area contributed by atoms with Gasteiger partial charge in [0.25, 0.3) is 5.91 Å². The average Bonchev–Trinajstić information content (AvgIpc) is 3.10. The first-order valence-corrected chi connectivity index (χ1v) is 9.60. The Balaban J connectivity index is 0.00000150. The molecule has 1 saturated heterocycles. The maximum absolute atomic E-state index is 13.3. The Morgan fingerprint density at radius 3 is 2.69 bits per heavy atom. The van der Waals surface area contributed by atoms with Crippen LogP contribution in [0.25, 0.3) is 10.6 Å². The van der Waals surface area contributed by atoms with Crippen LogP contribution in [-0.2, 0) is 0 Å². The van der Waals surface area contributed by atoms with Crippen LogP contribution in [0.1, 0.15) is 27.0 Å². The zero-order valence-electron chi connectivity index (χ0n) is 15.7. The second-order valence-electron chi connectivity index (χ2n) is 6.45. The molecule has 1 N–H and O–H groups in total. The number of hydrogen-bond acceptors (Lipinski definition) is 5. The Morgan fingerprint density at radius 1 is 1.24 bits per heavy atom. The number of hydrogen-bond donors (Lipinski definition) is 1. The summed E-state index contributed by atoms with van der Waals surface area (Å²) in [5.41, 5.74) is 2.53. The lowest BCUT2D eigenvalue weighted by molar-refractivity contribution is 0.0638. The van der Waals surface area contributed by atoms with Gasteiger partial charge in [-0.3, -0.25) is 9.78 Å². The van der Waals surface area contributed by atoms with Crippen LogP contribution in [0.2, 0.25) is 0 Å². The minimum absolute atomic E-state index is 0. The molecule has 1 atom stereocenters. The number of piperazine rings is 1. The van der Waals surface area contributed by atoms with Crippen LogP contribution < -0.4 is 5.32 Å². The molecule has 4 rings (SSSR count). The highest BCUT2D eigenvalue weighted by Gasteiger charge is 2.31. The number of pyridine rings is 1. The number of amides is 1. The predicted octanol–water partition coefficient (Wildman–Crippen LogP) is 4.28. The Kier molecular flexibility index (Phi) is 8.10. The van der Waals surface area contributed by atoms with Gasteiger partial charge in [-0.05, 0) is 42.8 Å². The van der Waals surface area contributed by atoms with E-state index in [0.29, 0.717) is 23.7 Å². The summed E-state index contributed by atoms with van der Waals surface area (Å²) in [5, 5.41) is 4.08. The van der Waals surface area contributed by atoms with Gasteiger partial charge in [-0.15, -0.1) is 36.2 Å². The SMILES string of the molecule is Cc1nc(-c2ccc(F)cc2)sc1C(=O)N1CCNCC1c1cccnc1.Cl.Cl. The molecule has 1 fully saturated rings. The summed E-state index contributed by atoms with van der Waals surface area (Å²) >= 11 is 1.36. The lowest BCUT2D eigenvalue weighted by Gasteiger charge is -2.36. The van der Waals surface area contributed by atoms with Gasteiger partial charge in [0.1, 0.15) is 15.7 Å². The van der Waals surface area contributed by atoms with E-state index in [2.05, 4.69) is 15.3 Å². The fraction of sp³-hybridized carbons (Fsp3) is 0.250. The number of carbonyl (C=O) groups is 1. The summed E-state index contributed by atoms with van der Waals surface area (Å²) < 4.78 is 13.2. The molecule has 0 saturated carbocycles. The van der Waals surface area contributed by atoms with Crippen molar-refractivity contribution in [2.24, 2.45) is 0 Å². The number of halogens is 3. The van der Waals surface area contributed by atoms with Gasteiger partial charge in [-0.2, -0.15) is 0 Å². The van der Waals surface area contributed by atoms with E-state index in [9.17, 15) is 9.18 Å². The summed E-state index contributed by atoms with van der Waals surface area (Å²) in [7, 11) is 0.